The Bertz CT molecular complexity index is 740. The van der Waals surface area contributed by atoms with Gasteiger partial charge in [-0.3, -0.25) is 15.2 Å². The molecule has 1 amide bonds. The van der Waals surface area contributed by atoms with Crippen molar-refractivity contribution in [1.82, 2.24) is 4.98 Å². The summed E-state index contributed by atoms with van der Waals surface area (Å²) in [6, 6.07) is 4.30. The van der Waals surface area contributed by atoms with E-state index in [1.165, 1.54) is 11.3 Å². The Labute approximate surface area is 132 Å². The third-order valence-electron chi connectivity index (χ3n) is 2.47. The van der Waals surface area contributed by atoms with E-state index in [1.807, 2.05) is 0 Å². The highest BCUT2D eigenvalue weighted by atomic mass is 32.1. The molecule has 0 aliphatic carbocycles. The number of ether oxygens (including phenoxy) is 1. The van der Waals surface area contributed by atoms with Gasteiger partial charge in [0.05, 0.1) is 10.4 Å². The van der Waals surface area contributed by atoms with Crippen LogP contribution >= 0.6 is 11.3 Å². The number of nitrogens with two attached hydrogens (primary N) is 1. The molecule has 0 saturated heterocycles. The lowest BCUT2D eigenvalue weighted by atomic mass is 10.2. The molecule has 0 bridgehead atoms. The average molecular weight is 342 g/mol. The van der Waals surface area contributed by atoms with E-state index in [1.54, 1.807) is 17.5 Å². The fourth-order valence-corrected chi connectivity index (χ4v) is 2.04. The van der Waals surface area contributed by atoms with E-state index >= 15 is 0 Å². The molecular weight excluding hydrogens is 333 g/mol. The predicted molar refractivity (Wildman–Crippen MR) is 77.4 cm³/mol. The first kappa shape index (κ1) is 16.6. The molecule has 2 aromatic heterocycles. The van der Waals surface area contributed by atoms with Crippen molar-refractivity contribution >= 4 is 29.2 Å². The molecule has 3 N–H and O–H groups in total. The van der Waals surface area contributed by atoms with Crippen LogP contribution in [0.2, 0.25) is 0 Å². The second-order valence-electron chi connectivity index (χ2n) is 4.09. The number of nitrogens with one attached hydrogen (secondary N) is 1. The summed E-state index contributed by atoms with van der Waals surface area (Å²) in [4.78, 5) is 18.9. The average Bonchev–Trinajstić information content (AvgIpc) is 3.00. The van der Waals surface area contributed by atoms with Gasteiger partial charge in [0.1, 0.15) is 5.69 Å². The van der Waals surface area contributed by atoms with Crippen molar-refractivity contribution in [3.8, 4) is 0 Å². The summed E-state index contributed by atoms with van der Waals surface area (Å²) in [6.07, 6.45) is -4.02. The number of pyridine rings is 1. The van der Waals surface area contributed by atoms with Crippen molar-refractivity contribution in [3.05, 3.63) is 52.0 Å². The molecule has 0 fully saturated rings. The van der Waals surface area contributed by atoms with Crippen molar-refractivity contribution in [2.75, 3.05) is 0 Å². The molecular formula is C13H9F3N4O2S. The quantitative estimate of drug-likeness (QED) is 0.647. The summed E-state index contributed by atoms with van der Waals surface area (Å²) in [5.41, 5.74) is 4.07. The first-order valence-electron chi connectivity index (χ1n) is 5.99. The number of aromatic nitrogens is 1. The summed E-state index contributed by atoms with van der Waals surface area (Å²) in [5, 5.41) is 9.32. The molecule has 23 heavy (non-hydrogen) atoms. The lowest BCUT2D eigenvalue weighted by Gasteiger charge is -2.06. The SMILES string of the molecule is N=C(OC(N)=NC(=O)c1ccc(C(F)(F)F)cn1)c1cccs1. The lowest BCUT2D eigenvalue weighted by molar-refractivity contribution is -0.137. The van der Waals surface area contributed by atoms with E-state index in [2.05, 4.69) is 9.98 Å². The highest BCUT2D eigenvalue weighted by Gasteiger charge is 2.30. The number of amides is 1. The lowest BCUT2D eigenvalue weighted by Crippen LogP contribution is -2.22. The number of amidine groups is 1. The first-order chi connectivity index (χ1) is 10.8. The highest BCUT2D eigenvalue weighted by molar-refractivity contribution is 7.12. The molecule has 0 spiro atoms. The van der Waals surface area contributed by atoms with E-state index in [4.69, 9.17) is 15.9 Å². The number of hydrogen-bond donors (Lipinski definition) is 2. The number of thiophene rings is 1. The molecule has 2 rings (SSSR count). The number of alkyl halides is 3. The van der Waals surface area contributed by atoms with Crippen LogP contribution in [0.25, 0.3) is 0 Å². The molecule has 0 unspecified atom stereocenters. The molecule has 2 heterocycles. The fraction of sp³-hybridized carbons (Fsp3) is 0.0769. The smallest absolute Gasteiger partial charge is 0.406 e. The molecule has 0 radical (unpaired) electrons. The summed E-state index contributed by atoms with van der Waals surface area (Å²) in [6.45, 7) is 0. The third kappa shape index (κ3) is 4.36. The fourth-order valence-electron chi connectivity index (χ4n) is 1.43. The standard InChI is InChI=1S/C13H9F3N4O2S/c14-13(15,16)7-3-4-8(19-6-7)11(21)20-12(18)22-10(17)9-2-1-5-23-9/h1-6,17H,(H2,18,20,21). The van der Waals surface area contributed by atoms with Gasteiger partial charge in [-0.2, -0.15) is 18.2 Å². The van der Waals surface area contributed by atoms with Crippen LogP contribution in [0, 0.1) is 5.41 Å². The third-order valence-corrected chi connectivity index (χ3v) is 3.34. The summed E-state index contributed by atoms with van der Waals surface area (Å²) >= 11 is 1.23. The minimum absolute atomic E-state index is 0.297. The molecule has 120 valence electrons. The van der Waals surface area contributed by atoms with Crippen LogP contribution in [-0.4, -0.2) is 22.8 Å². The topological polar surface area (TPSA) is 101 Å². The maximum absolute atomic E-state index is 12.4. The van der Waals surface area contributed by atoms with E-state index < -0.39 is 23.7 Å². The molecule has 0 aromatic carbocycles. The minimum Gasteiger partial charge on any atom is -0.406 e. The number of halogens is 3. The van der Waals surface area contributed by atoms with Gasteiger partial charge in [-0.1, -0.05) is 6.07 Å². The van der Waals surface area contributed by atoms with Gasteiger partial charge in [0.25, 0.3) is 11.9 Å². The Balaban J connectivity index is 2.06. The van der Waals surface area contributed by atoms with Crippen LogP contribution in [0.3, 0.4) is 0 Å². The Kier molecular flexibility index (Phi) is 4.74. The number of carbonyl (C=O) groups is 1. The maximum atomic E-state index is 12.4. The Morgan fingerprint density at radius 3 is 2.61 bits per heavy atom. The van der Waals surface area contributed by atoms with Gasteiger partial charge in [0.15, 0.2) is 0 Å². The predicted octanol–water partition coefficient (Wildman–Crippen LogP) is 2.66. The van der Waals surface area contributed by atoms with Crippen molar-refractivity contribution in [2.24, 2.45) is 10.7 Å². The second kappa shape index (κ2) is 6.57. The molecule has 6 nitrogen and oxygen atoms in total. The van der Waals surface area contributed by atoms with Gasteiger partial charge in [-0.25, -0.2) is 0 Å². The van der Waals surface area contributed by atoms with E-state index in [0.29, 0.717) is 17.1 Å². The zero-order chi connectivity index (χ0) is 17.0. The minimum atomic E-state index is -4.55. The number of carbonyl (C=O) groups excluding carboxylic acids is 1. The first-order valence-corrected chi connectivity index (χ1v) is 6.87. The van der Waals surface area contributed by atoms with E-state index in [9.17, 15) is 18.0 Å². The van der Waals surface area contributed by atoms with Gasteiger partial charge < -0.3 is 10.5 Å². The van der Waals surface area contributed by atoms with Crippen molar-refractivity contribution in [3.63, 3.8) is 0 Å². The molecule has 0 aliphatic heterocycles. The summed E-state index contributed by atoms with van der Waals surface area (Å²) in [7, 11) is 0. The van der Waals surface area contributed by atoms with Crippen LogP contribution in [0.5, 0.6) is 0 Å². The normalized spacial score (nSPS) is 12.0. The van der Waals surface area contributed by atoms with Crippen LogP contribution < -0.4 is 5.73 Å². The van der Waals surface area contributed by atoms with Crippen LogP contribution in [0.15, 0.2) is 40.8 Å². The van der Waals surface area contributed by atoms with Gasteiger partial charge in [-0.15, -0.1) is 11.3 Å². The second-order valence-corrected chi connectivity index (χ2v) is 5.04. The molecule has 2 aromatic rings. The van der Waals surface area contributed by atoms with Crippen molar-refractivity contribution < 1.29 is 22.7 Å². The van der Waals surface area contributed by atoms with Crippen LogP contribution in [-0.2, 0) is 10.9 Å². The zero-order valence-corrected chi connectivity index (χ0v) is 12.1. The summed E-state index contributed by atoms with van der Waals surface area (Å²) < 4.78 is 42.0. The monoisotopic (exact) mass is 342 g/mol. The number of rotatable bonds is 2. The zero-order valence-electron chi connectivity index (χ0n) is 11.3. The Morgan fingerprint density at radius 2 is 2.09 bits per heavy atom. The Morgan fingerprint density at radius 1 is 1.35 bits per heavy atom. The van der Waals surface area contributed by atoms with Crippen LogP contribution in [0.4, 0.5) is 13.2 Å². The Hall–Kier alpha value is -2.75. The molecule has 0 atom stereocenters. The largest absolute Gasteiger partial charge is 0.417 e. The van der Waals surface area contributed by atoms with E-state index in [0.717, 1.165) is 6.07 Å². The summed E-state index contributed by atoms with van der Waals surface area (Å²) in [5.74, 6) is -1.27. The van der Waals surface area contributed by atoms with Gasteiger partial charge in [0, 0.05) is 6.20 Å². The van der Waals surface area contributed by atoms with Gasteiger partial charge in [-0.05, 0) is 23.6 Å². The highest BCUT2D eigenvalue weighted by Crippen LogP contribution is 2.28. The molecule has 10 heteroatoms. The van der Waals surface area contributed by atoms with E-state index in [-0.39, 0.29) is 11.6 Å². The number of hydrogen-bond acceptors (Lipinski definition) is 5. The van der Waals surface area contributed by atoms with Crippen molar-refractivity contribution in [2.45, 2.75) is 6.18 Å². The number of nitrogens with zero attached hydrogens (tertiary/aromatic N) is 2. The number of aliphatic imine (C=N–C) groups is 1. The molecule has 0 aliphatic rings. The van der Waals surface area contributed by atoms with Gasteiger partial charge >= 0.3 is 6.18 Å². The van der Waals surface area contributed by atoms with Crippen molar-refractivity contribution in [1.29, 1.82) is 5.41 Å². The molecule has 0 saturated carbocycles. The van der Waals surface area contributed by atoms with Gasteiger partial charge in [0.2, 0.25) is 5.90 Å². The van der Waals surface area contributed by atoms with Crippen LogP contribution in [0.1, 0.15) is 20.9 Å². The maximum Gasteiger partial charge on any atom is 0.417 e.